The number of carbonyl (C=O) groups excluding carboxylic acids is 1. The molecular formula is C24H31N3O2S. The number of nitrogens with one attached hydrogen (secondary N) is 1. The number of aryl methyl sites for hydroxylation is 2. The van der Waals surface area contributed by atoms with Crippen LogP contribution in [0.5, 0.6) is 0 Å². The molecule has 5 nitrogen and oxygen atoms in total. The van der Waals surface area contributed by atoms with Crippen LogP contribution in [0.2, 0.25) is 0 Å². The van der Waals surface area contributed by atoms with Crippen molar-refractivity contribution in [1.82, 2.24) is 14.9 Å². The third-order valence-electron chi connectivity index (χ3n) is 8.41. The van der Waals surface area contributed by atoms with Gasteiger partial charge >= 0.3 is 0 Å². The molecule has 4 saturated carbocycles. The summed E-state index contributed by atoms with van der Waals surface area (Å²) < 4.78 is 1.85. The molecule has 1 aliphatic heterocycles. The van der Waals surface area contributed by atoms with Gasteiger partial charge in [-0.2, -0.15) is 0 Å². The van der Waals surface area contributed by atoms with Gasteiger partial charge in [-0.25, -0.2) is 4.98 Å². The Labute approximate surface area is 181 Å². The summed E-state index contributed by atoms with van der Waals surface area (Å²) in [7, 11) is 0. The number of nitrogens with zero attached hydrogens (tertiary/aromatic N) is 2. The number of carbonyl (C=O) groups is 1. The maximum atomic E-state index is 13.2. The molecule has 4 fully saturated rings. The van der Waals surface area contributed by atoms with Gasteiger partial charge in [0.1, 0.15) is 10.7 Å². The van der Waals surface area contributed by atoms with E-state index in [1.54, 1.807) is 0 Å². The van der Waals surface area contributed by atoms with E-state index in [2.05, 4.69) is 5.32 Å². The molecule has 7 rings (SSSR count). The van der Waals surface area contributed by atoms with E-state index >= 15 is 0 Å². The van der Waals surface area contributed by atoms with Gasteiger partial charge in [-0.1, -0.05) is 6.42 Å². The Bertz CT molecular complexity index is 1050. The van der Waals surface area contributed by atoms with Gasteiger partial charge < -0.3 is 5.32 Å². The third-order valence-corrected chi connectivity index (χ3v) is 9.59. The molecule has 0 radical (unpaired) electrons. The van der Waals surface area contributed by atoms with Crippen molar-refractivity contribution in [3.63, 3.8) is 0 Å². The van der Waals surface area contributed by atoms with E-state index < -0.39 is 0 Å². The number of hydrogen-bond donors (Lipinski definition) is 1. The Kier molecular flexibility index (Phi) is 4.38. The summed E-state index contributed by atoms with van der Waals surface area (Å²) >= 11 is 1.41. The maximum Gasteiger partial charge on any atom is 0.262 e. The van der Waals surface area contributed by atoms with Crippen LogP contribution in [0, 0.1) is 30.1 Å². The fraction of sp³-hybridized carbons (Fsp3) is 0.708. The number of aromatic nitrogens is 2. The van der Waals surface area contributed by atoms with E-state index in [4.69, 9.17) is 4.98 Å². The highest BCUT2D eigenvalue weighted by atomic mass is 32.1. The molecule has 0 aromatic carbocycles. The van der Waals surface area contributed by atoms with Crippen LogP contribution in [-0.2, 0) is 13.0 Å². The van der Waals surface area contributed by atoms with Crippen molar-refractivity contribution in [3.8, 4) is 0 Å². The lowest BCUT2D eigenvalue weighted by atomic mass is 9.49. The highest BCUT2D eigenvalue weighted by molar-refractivity contribution is 7.20. The van der Waals surface area contributed by atoms with Gasteiger partial charge in [0.05, 0.1) is 10.3 Å². The molecule has 4 bridgehead atoms. The lowest BCUT2D eigenvalue weighted by Gasteiger charge is -2.56. The maximum absolute atomic E-state index is 13.2. The van der Waals surface area contributed by atoms with Crippen molar-refractivity contribution < 1.29 is 4.79 Å². The van der Waals surface area contributed by atoms with Crippen molar-refractivity contribution in [2.75, 3.05) is 6.54 Å². The van der Waals surface area contributed by atoms with E-state index in [-0.39, 0.29) is 11.5 Å². The molecule has 0 saturated heterocycles. The van der Waals surface area contributed by atoms with Gasteiger partial charge in [0.15, 0.2) is 0 Å². The van der Waals surface area contributed by atoms with Crippen LogP contribution < -0.4 is 10.9 Å². The van der Waals surface area contributed by atoms with E-state index in [9.17, 15) is 9.59 Å². The first kappa shape index (κ1) is 19.0. The monoisotopic (exact) mass is 425 g/mol. The third kappa shape index (κ3) is 2.97. The van der Waals surface area contributed by atoms with Crippen LogP contribution in [0.25, 0.3) is 10.2 Å². The molecule has 2 aromatic heterocycles. The van der Waals surface area contributed by atoms with Gasteiger partial charge in [-0.15, -0.1) is 11.3 Å². The summed E-state index contributed by atoms with van der Waals surface area (Å²) in [6, 6.07) is 0. The predicted octanol–water partition coefficient (Wildman–Crippen LogP) is 4.44. The van der Waals surface area contributed by atoms with Crippen LogP contribution in [0.1, 0.15) is 78.8 Å². The molecule has 0 unspecified atom stereocenters. The summed E-state index contributed by atoms with van der Waals surface area (Å²) in [4.78, 5) is 32.6. The Morgan fingerprint density at radius 3 is 2.53 bits per heavy atom. The van der Waals surface area contributed by atoms with Gasteiger partial charge in [0.25, 0.3) is 11.5 Å². The van der Waals surface area contributed by atoms with Gasteiger partial charge in [0.2, 0.25) is 0 Å². The first-order chi connectivity index (χ1) is 14.5. The summed E-state index contributed by atoms with van der Waals surface area (Å²) in [5, 5.41) is 3.95. The minimum absolute atomic E-state index is 0.00848. The Morgan fingerprint density at radius 2 is 1.83 bits per heavy atom. The molecule has 1 N–H and O–H groups in total. The smallest absolute Gasteiger partial charge is 0.262 e. The normalized spacial score (nSPS) is 32.2. The van der Waals surface area contributed by atoms with Crippen LogP contribution >= 0.6 is 11.3 Å². The zero-order chi connectivity index (χ0) is 20.5. The second kappa shape index (κ2) is 6.91. The summed E-state index contributed by atoms with van der Waals surface area (Å²) in [6.45, 7) is 3.47. The van der Waals surface area contributed by atoms with Crippen molar-refractivity contribution >= 4 is 27.5 Å². The number of rotatable bonds is 3. The fourth-order valence-corrected chi connectivity index (χ4v) is 8.59. The lowest BCUT2D eigenvalue weighted by molar-refractivity contribution is -0.0503. The molecule has 0 spiro atoms. The zero-order valence-corrected chi connectivity index (χ0v) is 18.7. The molecule has 0 atom stereocenters. The first-order valence-electron chi connectivity index (χ1n) is 11.8. The van der Waals surface area contributed by atoms with Crippen molar-refractivity contribution in [1.29, 1.82) is 0 Å². The van der Waals surface area contributed by atoms with E-state index in [0.717, 1.165) is 72.7 Å². The van der Waals surface area contributed by atoms with Crippen LogP contribution in [0.15, 0.2) is 4.79 Å². The quantitative estimate of drug-likeness (QED) is 0.791. The molecule has 4 aliphatic carbocycles. The molecule has 160 valence electrons. The van der Waals surface area contributed by atoms with Gasteiger partial charge in [0, 0.05) is 19.5 Å². The average molecular weight is 426 g/mol. The second-order valence-corrected chi connectivity index (χ2v) is 11.6. The Morgan fingerprint density at radius 1 is 1.13 bits per heavy atom. The van der Waals surface area contributed by atoms with Crippen molar-refractivity contribution in [3.05, 3.63) is 26.6 Å². The van der Waals surface area contributed by atoms with Crippen LogP contribution in [-0.4, -0.2) is 22.0 Å². The Hall–Kier alpha value is -1.69. The number of thiophene rings is 1. The second-order valence-electron chi connectivity index (χ2n) is 10.6. The lowest BCUT2D eigenvalue weighted by Crippen LogP contribution is -2.51. The molecular weight excluding hydrogens is 394 g/mol. The summed E-state index contributed by atoms with van der Waals surface area (Å²) in [5.41, 5.74) is 1.19. The molecule has 6 heteroatoms. The van der Waals surface area contributed by atoms with E-state index in [1.807, 2.05) is 11.5 Å². The van der Waals surface area contributed by atoms with Crippen LogP contribution in [0.3, 0.4) is 0 Å². The Balaban J connectivity index is 1.27. The average Bonchev–Trinajstić information content (AvgIpc) is 2.87. The van der Waals surface area contributed by atoms with Gasteiger partial charge in [-0.05, 0) is 87.0 Å². The SMILES string of the molecule is Cc1c(C(=O)NCC23CC4CC(CC(C4)C2)C3)sc2nc3n(c(=O)c12)CCCCC3. The van der Waals surface area contributed by atoms with Gasteiger partial charge in [-0.3, -0.25) is 14.2 Å². The topological polar surface area (TPSA) is 64.0 Å². The molecule has 2 aromatic rings. The minimum atomic E-state index is -0.00848. The van der Waals surface area contributed by atoms with Crippen molar-refractivity contribution in [2.24, 2.45) is 23.2 Å². The standard InChI is InChI=1S/C24H31N3O2S/c1-14-19-22(26-18-5-3-2-4-6-27(18)23(19)29)30-20(14)21(28)25-13-24-10-15-7-16(11-24)9-17(8-15)12-24/h15-17H,2-13H2,1H3,(H,25,28). The van der Waals surface area contributed by atoms with Crippen LogP contribution in [0.4, 0.5) is 0 Å². The number of amides is 1. The zero-order valence-electron chi connectivity index (χ0n) is 17.8. The molecule has 30 heavy (non-hydrogen) atoms. The predicted molar refractivity (Wildman–Crippen MR) is 119 cm³/mol. The number of hydrogen-bond acceptors (Lipinski definition) is 4. The summed E-state index contributed by atoms with van der Waals surface area (Å²) in [5.74, 6) is 3.55. The highest BCUT2D eigenvalue weighted by Crippen LogP contribution is 2.59. The molecule has 5 aliphatic rings. The largest absolute Gasteiger partial charge is 0.351 e. The fourth-order valence-electron chi connectivity index (χ4n) is 7.48. The first-order valence-corrected chi connectivity index (χ1v) is 12.6. The molecule has 3 heterocycles. The highest BCUT2D eigenvalue weighted by Gasteiger charge is 2.50. The van der Waals surface area contributed by atoms with E-state index in [0.29, 0.717) is 15.7 Å². The summed E-state index contributed by atoms with van der Waals surface area (Å²) in [6.07, 6.45) is 12.3. The minimum Gasteiger partial charge on any atom is -0.351 e. The van der Waals surface area contributed by atoms with Crippen molar-refractivity contribution in [2.45, 2.75) is 77.7 Å². The number of fused-ring (bicyclic) bond motifs is 2. The van der Waals surface area contributed by atoms with E-state index in [1.165, 1.54) is 49.9 Å². The molecule has 1 amide bonds.